The van der Waals surface area contributed by atoms with E-state index in [1.54, 1.807) is 13.8 Å². The molecule has 0 aliphatic heterocycles. The predicted molar refractivity (Wildman–Crippen MR) is 77.6 cm³/mol. The summed E-state index contributed by atoms with van der Waals surface area (Å²) in [7, 11) is -3.61. The number of halogens is 1. The van der Waals surface area contributed by atoms with Crippen molar-refractivity contribution in [3.8, 4) is 0 Å². The van der Waals surface area contributed by atoms with Gasteiger partial charge >= 0.3 is 0 Å². The molecule has 1 saturated carbocycles. The fourth-order valence-electron chi connectivity index (χ4n) is 3.11. The van der Waals surface area contributed by atoms with Crippen molar-refractivity contribution in [3.05, 3.63) is 29.1 Å². The number of hydrogen-bond donors (Lipinski definition) is 1. The summed E-state index contributed by atoms with van der Waals surface area (Å²) in [6.07, 6.45) is 2.90. The molecule has 1 fully saturated rings. The summed E-state index contributed by atoms with van der Waals surface area (Å²) in [6, 6.07) is 2.47. The van der Waals surface area contributed by atoms with Crippen molar-refractivity contribution in [1.29, 1.82) is 0 Å². The molecule has 112 valence electrons. The molecular formula is C15H22FNO2S. The molecular weight excluding hydrogens is 277 g/mol. The van der Waals surface area contributed by atoms with Crippen molar-refractivity contribution in [2.24, 2.45) is 5.41 Å². The van der Waals surface area contributed by atoms with Crippen LogP contribution in [0, 0.1) is 25.1 Å². The molecule has 0 bridgehead atoms. The lowest BCUT2D eigenvalue weighted by molar-refractivity contribution is 0.313. The van der Waals surface area contributed by atoms with Gasteiger partial charge < -0.3 is 0 Å². The van der Waals surface area contributed by atoms with E-state index in [1.807, 2.05) is 0 Å². The Kier molecular flexibility index (Phi) is 3.95. The first-order chi connectivity index (χ1) is 9.13. The number of aryl methyl sites for hydroxylation is 2. The van der Waals surface area contributed by atoms with Gasteiger partial charge in [0.15, 0.2) is 0 Å². The molecule has 0 spiro atoms. The van der Waals surface area contributed by atoms with Gasteiger partial charge in [0.1, 0.15) is 5.82 Å². The molecule has 1 unspecified atom stereocenters. The fraction of sp³-hybridized carbons (Fsp3) is 0.600. The quantitative estimate of drug-likeness (QED) is 0.931. The Labute approximate surface area is 120 Å². The molecule has 0 heterocycles. The second kappa shape index (κ2) is 5.11. The third-order valence-electron chi connectivity index (χ3n) is 4.25. The van der Waals surface area contributed by atoms with Crippen LogP contribution in [0.1, 0.15) is 44.2 Å². The van der Waals surface area contributed by atoms with Crippen molar-refractivity contribution >= 4 is 10.0 Å². The van der Waals surface area contributed by atoms with Crippen LogP contribution in [0.15, 0.2) is 17.0 Å². The molecule has 0 aromatic heterocycles. The van der Waals surface area contributed by atoms with E-state index in [0.717, 1.165) is 19.3 Å². The van der Waals surface area contributed by atoms with E-state index in [0.29, 0.717) is 11.1 Å². The van der Waals surface area contributed by atoms with Crippen LogP contribution in [-0.2, 0) is 10.0 Å². The third kappa shape index (κ3) is 2.88. The van der Waals surface area contributed by atoms with E-state index in [2.05, 4.69) is 18.6 Å². The minimum absolute atomic E-state index is 0.0328. The summed E-state index contributed by atoms with van der Waals surface area (Å²) < 4.78 is 41.3. The highest BCUT2D eigenvalue weighted by Crippen LogP contribution is 2.38. The SMILES string of the molecule is Cc1cc(F)cc(C)c1S(=O)(=O)NC1CCCC1(C)C. The van der Waals surface area contributed by atoms with Crippen molar-refractivity contribution in [3.63, 3.8) is 0 Å². The molecule has 3 nitrogen and oxygen atoms in total. The van der Waals surface area contributed by atoms with E-state index in [-0.39, 0.29) is 16.4 Å². The number of benzene rings is 1. The highest BCUT2D eigenvalue weighted by molar-refractivity contribution is 7.89. The van der Waals surface area contributed by atoms with E-state index in [9.17, 15) is 12.8 Å². The number of nitrogens with one attached hydrogen (secondary N) is 1. The molecule has 20 heavy (non-hydrogen) atoms. The molecule has 0 amide bonds. The zero-order valence-electron chi connectivity index (χ0n) is 12.5. The Morgan fingerprint density at radius 1 is 1.25 bits per heavy atom. The van der Waals surface area contributed by atoms with Crippen molar-refractivity contribution in [1.82, 2.24) is 4.72 Å². The first kappa shape index (κ1) is 15.4. The minimum Gasteiger partial charge on any atom is -0.208 e. The Hall–Kier alpha value is -0.940. The van der Waals surface area contributed by atoms with Crippen molar-refractivity contribution in [2.75, 3.05) is 0 Å². The Bertz CT molecular complexity index is 600. The van der Waals surface area contributed by atoms with Crippen molar-refractivity contribution < 1.29 is 12.8 Å². The van der Waals surface area contributed by atoms with Crippen molar-refractivity contribution in [2.45, 2.75) is 57.9 Å². The molecule has 1 N–H and O–H groups in total. The second-order valence-electron chi connectivity index (χ2n) is 6.42. The molecule has 1 aliphatic rings. The Morgan fingerprint density at radius 3 is 2.25 bits per heavy atom. The zero-order chi connectivity index (χ0) is 15.1. The third-order valence-corrected chi connectivity index (χ3v) is 6.02. The van der Waals surface area contributed by atoms with Gasteiger partial charge in [-0.15, -0.1) is 0 Å². The summed E-state index contributed by atoms with van der Waals surface area (Å²) in [4.78, 5) is 0.210. The van der Waals surface area contributed by atoms with Gasteiger partial charge in [-0.25, -0.2) is 17.5 Å². The van der Waals surface area contributed by atoms with E-state index in [1.165, 1.54) is 12.1 Å². The van der Waals surface area contributed by atoms with Crippen LogP contribution in [0.4, 0.5) is 4.39 Å². The maximum absolute atomic E-state index is 13.3. The Balaban J connectivity index is 2.37. The zero-order valence-corrected chi connectivity index (χ0v) is 13.3. The number of sulfonamides is 1. The average molecular weight is 299 g/mol. The normalized spacial score (nSPS) is 22.1. The van der Waals surface area contributed by atoms with Crippen LogP contribution in [0.3, 0.4) is 0 Å². The van der Waals surface area contributed by atoms with Gasteiger partial charge in [0.05, 0.1) is 4.90 Å². The lowest BCUT2D eigenvalue weighted by atomic mass is 9.88. The van der Waals surface area contributed by atoms with E-state index >= 15 is 0 Å². The summed E-state index contributed by atoms with van der Waals surface area (Å²) in [6.45, 7) is 7.42. The highest BCUT2D eigenvalue weighted by Gasteiger charge is 2.37. The van der Waals surface area contributed by atoms with Gasteiger partial charge in [-0.05, 0) is 55.4 Å². The highest BCUT2D eigenvalue weighted by atomic mass is 32.2. The molecule has 0 saturated heterocycles. The first-order valence-corrected chi connectivity index (χ1v) is 8.41. The molecule has 1 aliphatic carbocycles. The molecule has 0 radical (unpaired) electrons. The van der Waals surface area contributed by atoms with E-state index in [4.69, 9.17) is 0 Å². The predicted octanol–water partition coefficient (Wildman–Crippen LogP) is 3.30. The molecule has 1 aromatic rings. The second-order valence-corrected chi connectivity index (χ2v) is 8.07. The number of hydrogen-bond acceptors (Lipinski definition) is 2. The molecule has 5 heteroatoms. The maximum Gasteiger partial charge on any atom is 0.241 e. The summed E-state index contributed by atoms with van der Waals surface area (Å²) in [5.41, 5.74) is 0.867. The molecule has 1 atom stereocenters. The largest absolute Gasteiger partial charge is 0.241 e. The van der Waals surface area contributed by atoms with Gasteiger partial charge in [-0.3, -0.25) is 0 Å². The molecule has 1 aromatic carbocycles. The minimum atomic E-state index is -3.61. The van der Waals surface area contributed by atoms with Gasteiger partial charge in [0.2, 0.25) is 10.0 Å². The van der Waals surface area contributed by atoms with Gasteiger partial charge in [0, 0.05) is 6.04 Å². The summed E-state index contributed by atoms with van der Waals surface area (Å²) in [5.74, 6) is -0.403. The molecule has 2 rings (SSSR count). The van der Waals surface area contributed by atoms with Crippen LogP contribution in [0.25, 0.3) is 0 Å². The summed E-state index contributed by atoms with van der Waals surface area (Å²) in [5, 5.41) is 0. The Morgan fingerprint density at radius 2 is 1.80 bits per heavy atom. The fourth-order valence-corrected chi connectivity index (χ4v) is 5.01. The first-order valence-electron chi connectivity index (χ1n) is 6.92. The van der Waals surface area contributed by atoms with Crippen LogP contribution in [-0.4, -0.2) is 14.5 Å². The van der Waals surface area contributed by atoms with Crippen LogP contribution in [0.2, 0.25) is 0 Å². The van der Waals surface area contributed by atoms with Gasteiger partial charge in [0.25, 0.3) is 0 Å². The standard InChI is InChI=1S/C15H22FNO2S/c1-10-8-12(16)9-11(2)14(10)20(18,19)17-13-6-5-7-15(13,3)4/h8-9,13,17H,5-7H2,1-4H3. The number of rotatable bonds is 3. The van der Waals surface area contributed by atoms with Crippen LogP contribution < -0.4 is 4.72 Å². The smallest absolute Gasteiger partial charge is 0.208 e. The summed E-state index contributed by atoms with van der Waals surface area (Å²) >= 11 is 0. The van der Waals surface area contributed by atoms with Gasteiger partial charge in [-0.1, -0.05) is 20.3 Å². The van der Waals surface area contributed by atoms with Crippen LogP contribution >= 0.6 is 0 Å². The van der Waals surface area contributed by atoms with Gasteiger partial charge in [-0.2, -0.15) is 0 Å². The van der Waals surface area contributed by atoms with E-state index < -0.39 is 15.8 Å². The average Bonchev–Trinajstić information content (AvgIpc) is 2.55. The topological polar surface area (TPSA) is 46.2 Å². The lowest BCUT2D eigenvalue weighted by Crippen LogP contribution is -2.41. The monoisotopic (exact) mass is 299 g/mol. The van der Waals surface area contributed by atoms with Crippen LogP contribution in [0.5, 0.6) is 0 Å². The lowest BCUT2D eigenvalue weighted by Gasteiger charge is -2.28. The maximum atomic E-state index is 13.3.